The standard InChI is InChI=1S/C31H38N2O5/c1-35-26-14-8-7-13-24(26)29-22(18-25-27(36-2)15-16-28(37-3)30(25)32-29)19-33(20-23-12-9-17-38-23)31(34)21-10-5-4-6-11-21/h7-8,13-16,18,21,23H,4-6,9-12,17,19-20H2,1-3H3. The number of para-hydroxylation sites is 1. The van der Waals surface area contributed by atoms with Crippen molar-refractivity contribution >= 4 is 16.8 Å². The summed E-state index contributed by atoms with van der Waals surface area (Å²) in [6.45, 7) is 1.79. The maximum atomic E-state index is 13.9. The van der Waals surface area contributed by atoms with Crippen LogP contribution in [0.2, 0.25) is 0 Å². The van der Waals surface area contributed by atoms with Crippen LogP contribution in [0.3, 0.4) is 0 Å². The van der Waals surface area contributed by atoms with E-state index in [4.69, 9.17) is 23.9 Å². The van der Waals surface area contributed by atoms with E-state index in [1.165, 1.54) is 6.42 Å². The van der Waals surface area contributed by atoms with E-state index >= 15 is 0 Å². The summed E-state index contributed by atoms with van der Waals surface area (Å²) < 4.78 is 23.1. The highest BCUT2D eigenvalue weighted by Gasteiger charge is 2.30. The Morgan fingerprint density at radius 3 is 2.37 bits per heavy atom. The van der Waals surface area contributed by atoms with E-state index in [2.05, 4.69) is 6.07 Å². The second-order valence-corrected chi connectivity index (χ2v) is 10.3. The number of carbonyl (C=O) groups excluding carboxylic acids is 1. The predicted octanol–water partition coefficient (Wildman–Crippen LogP) is 6.02. The van der Waals surface area contributed by atoms with E-state index in [0.29, 0.717) is 30.1 Å². The van der Waals surface area contributed by atoms with Crippen molar-refractivity contribution in [2.24, 2.45) is 5.92 Å². The van der Waals surface area contributed by atoms with Crippen LogP contribution in [0.15, 0.2) is 42.5 Å². The molecule has 0 radical (unpaired) electrons. The van der Waals surface area contributed by atoms with Gasteiger partial charge in [0.2, 0.25) is 5.91 Å². The van der Waals surface area contributed by atoms with Gasteiger partial charge in [0.05, 0.1) is 33.1 Å². The molecule has 2 aliphatic rings. The maximum Gasteiger partial charge on any atom is 0.226 e. The summed E-state index contributed by atoms with van der Waals surface area (Å²) in [6.07, 6.45) is 7.45. The summed E-state index contributed by atoms with van der Waals surface area (Å²) in [5.74, 6) is 2.40. The second kappa shape index (κ2) is 12.0. The fourth-order valence-corrected chi connectivity index (χ4v) is 5.87. The van der Waals surface area contributed by atoms with Gasteiger partial charge in [-0.3, -0.25) is 4.79 Å². The molecule has 1 amide bonds. The van der Waals surface area contributed by atoms with Gasteiger partial charge in [-0.15, -0.1) is 0 Å². The Kier molecular flexibility index (Phi) is 8.32. The van der Waals surface area contributed by atoms with Crippen LogP contribution in [-0.2, 0) is 16.1 Å². The molecule has 1 atom stereocenters. The predicted molar refractivity (Wildman–Crippen MR) is 148 cm³/mol. The molecule has 38 heavy (non-hydrogen) atoms. The van der Waals surface area contributed by atoms with Crippen LogP contribution >= 0.6 is 0 Å². The van der Waals surface area contributed by atoms with Crippen LogP contribution in [-0.4, -0.2) is 56.4 Å². The van der Waals surface area contributed by atoms with Crippen molar-refractivity contribution in [1.82, 2.24) is 9.88 Å². The van der Waals surface area contributed by atoms with E-state index in [9.17, 15) is 4.79 Å². The molecule has 1 saturated heterocycles. The van der Waals surface area contributed by atoms with Gasteiger partial charge in [0.15, 0.2) is 0 Å². The lowest BCUT2D eigenvalue weighted by atomic mass is 9.88. The average Bonchev–Trinajstić information content (AvgIpc) is 3.49. The van der Waals surface area contributed by atoms with Crippen molar-refractivity contribution in [2.75, 3.05) is 34.5 Å². The van der Waals surface area contributed by atoms with Gasteiger partial charge in [0.25, 0.3) is 0 Å². The smallest absolute Gasteiger partial charge is 0.226 e. The molecule has 1 saturated carbocycles. The zero-order chi connectivity index (χ0) is 26.5. The first-order chi connectivity index (χ1) is 18.6. The van der Waals surface area contributed by atoms with E-state index in [1.807, 2.05) is 41.3 Å². The number of nitrogens with zero attached hydrogens (tertiary/aromatic N) is 2. The largest absolute Gasteiger partial charge is 0.496 e. The summed E-state index contributed by atoms with van der Waals surface area (Å²) in [5, 5.41) is 0.850. The topological polar surface area (TPSA) is 70.1 Å². The van der Waals surface area contributed by atoms with Crippen LogP contribution in [0.5, 0.6) is 17.2 Å². The Morgan fingerprint density at radius 1 is 0.921 bits per heavy atom. The molecule has 3 aromatic rings. The molecule has 7 heteroatoms. The normalized spacial score (nSPS) is 17.9. The van der Waals surface area contributed by atoms with E-state index in [-0.39, 0.29) is 17.9 Å². The number of benzene rings is 2. The van der Waals surface area contributed by atoms with Crippen LogP contribution < -0.4 is 14.2 Å². The first kappa shape index (κ1) is 26.3. The summed E-state index contributed by atoms with van der Waals surface area (Å²) in [4.78, 5) is 21.1. The lowest BCUT2D eigenvalue weighted by Gasteiger charge is -2.31. The third-order valence-electron chi connectivity index (χ3n) is 7.86. The Balaban J connectivity index is 1.63. The lowest BCUT2D eigenvalue weighted by molar-refractivity contribution is -0.138. The molecule has 202 valence electrons. The van der Waals surface area contributed by atoms with Crippen molar-refractivity contribution in [2.45, 2.75) is 57.6 Å². The van der Waals surface area contributed by atoms with Crippen molar-refractivity contribution in [3.05, 3.63) is 48.0 Å². The monoisotopic (exact) mass is 518 g/mol. The molecule has 1 aliphatic carbocycles. The SMILES string of the molecule is COc1ccccc1-c1nc2c(OC)ccc(OC)c2cc1CN(CC1CCCO1)C(=O)C1CCCCC1. The van der Waals surface area contributed by atoms with Crippen LogP contribution in [0.25, 0.3) is 22.2 Å². The number of methoxy groups -OCH3 is 3. The maximum absolute atomic E-state index is 13.9. The molecule has 1 aromatic heterocycles. The van der Waals surface area contributed by atoms with Crippen molar-refractivity contribution in [1.29, 1.82) is 0 Å². The molecule has 0 N–H and O–H groups in total. The number of fused-ring (bicyclic) bond motifs is 1. The highest BCUT2D eigenvalue weighted by Crippen LogP contribution is 2.39. The zero-order valence-electron chi connectivity index (χ0n) is 22.7. The fourth-order valence-electron chi connectivity index (χ4n) is 5.87. The molecule has 0 spiro atoms. The number of pyridine rings is 1. The van der Waals surface area contributed by atoms with E-state index in [0.717, 1.165) is 73.1 Å². The highest BCUT2D eigenvalue weighted by molar-refractivity contribution is 5.93. The van der Waals surface area contributed by atoms with Crippen molar-refractivity contribution in [3.63, 3.8) is 0 Å². The number of amides is 1. The van der Waals surface area contributed by atoms with Crippen LogP contribution in [0.1, 0.15) is 50.5 Å². The number of rotatable bonds is 9. The first-order valence-corrected chi connectivity index (χ1v) is 13.7. The van der Waals surface area contributed by atoms with Gasteiger partial charge in [-0.25, -0.2) is 4.98 Å². The van der Waals surface area contributed by atoms with Crippen LogP contribution in [0.4, 0.5) is 0 Å². The van der Waals surface area contributed by atoms with Gasteiger partial charge in [-0.1, -0.05) is 31.4 Å². The Hall–Kier alpha value is -3.32. The number of ether oxygens (including phenoxy) is 4. The minimum atomic E-state index is 0.0697. The Morgan fingerprint density at radius 2 is 1.66 bits per heavy atom. The van der Waals surface area contributed by atoms with Crippen LogP contribution in [0, 0.1) is 5.92 Å². The zero-order valence-corrected chi connectivity index (χ0v) is 22.7. The van der Waals surface area contributed by atoms with Gasteiger partial charge in [0.1, 0.15) is 22.8 Å². The third-order valence-corrected chi connectivity index (χ3v) is 7.86. The molecule has 5 rings (SSSR count). The van der Waals surface area contributed by atoms with E-state index in [1.54, 1.807) is 21.3 Å². The molecule has 0 bridgehead atoms. The molecular formula is C31H38N2O5. The lowest BCUT2D eigenvalue weighted by Crippen LogP contribution is -2.41. The molecule has 2 fully saturated rings. The fraction of sp³-hybridized carbons (Fsp3) is 0.484. The average molecular weight is 519 g/mol. The number of carbonyl (C=O) groups is 1. The Bertz CT molecular complexity index is 1260. The first-order valence-electron chi connectivity index (χ1n) is 13.7. The van der Waals surface area contributed by atoms with Crippen molar-refractivity contribution in [3.8, 4) is 28.5 Å². The second-order valence-electron chi connectivity index (χ2n) is 10.3. The van der Waals surface area contributed by atoms with Gasteiger partial charge < -0.3 is 23.8 Å². The summed E-state index contributed by atoms with van der Waals surface area (Å²) >= 11 is 0. The van der Waals surface area contributed by atoms with Gasteiger partial charge in [0, 0.05) is 36.6 Å². The van der Waals surface area contributed by atoms with Gasteiger partial charge >= 0.3 is 0 Å². The molecule has 1 aliphatic heterocycles. The van der Waals surface area contributed by atoms with E-state index < -0.39 is 0 Å². The van der Waals surface area contributed by atoms with Gasteiger partial charge in [-0.2, -0.15) is 0 Å². The number of hydrogen-bond acceptors (Lipinski definition) is 6. The number of hydrogen-bond donors (Lipinski definition) is 0. The quantitative estimate of drug-likeness (QED) is 0.345. The summed E-state index contributed by atoms with van der Waals surface area (Å²) in [6, 6.07) is 13.7. The molecule has 2 heterocycles. The third kappa shape index (κ3) is 5.44. The van der Waals surface area contributed by atoms with Crippen molar-refractivity contribution < 1.29 is 23.7 Å². The van der Waals surface area contributed by atoms with Gasteiger partial charge in [-0.05, 0) is 61.6 Å². The Labute approximate surface area is 225 Å². The molecule has 2 aromatic carbocycles. The highest BCUT2D eigenvalue weighted by atomic mass is 16.5. The summed E-state index contributed by atoms with van der Waals surface area (Å²) in [5.41, 5.74) is 3.30. The minimum Gasteiger partial charge on any atom is -0.496 e. The minimum absolute atomic E-state index is 0.0697. The number of aromatic nitrogens is 1. The molecule has 7 nitrogen and oxygen atoms in total. The summed E-state index contributed by atoms with van der Waals surface area (Å²) in [7, 11) is 4.97. The molecule has 1 unspecified atom stereocenters. The molecular weight excluding hydrogens is 480 g/mol.